The van der Waals surface area contributed by atoms with Crippen LogP contribution in [0.5, 0.6) is 0 Å². The van der Waals surface area contributed by atoms with Crippen molar-refractivity contribution in [3.8, 4) is 0 Å². The number of sulfonamides is 1. The van der Waals surface area contributed by atoms with E-state index < -0.39 is 10.0 Å². The van der Waals surface area contributed by atoms with Crippen LogP contribution in [0.1, 0.15) is 25.5 Å². The number of hydrogen-bond donors (Lipinski definition) is 1. The first kappa shape index (κ1) is 21.0. The monoisotopic (exact) mass is 429 g/mol. The van der Waals surface area contributed by atoms with Crippen LogP contribution >= 0.6 is 12.4 Å². The minimum absolute atomic E-state index is 0. The van der Waals surface area contributed by atoms with Crippen molar-refractivity contribution < 1.29 is 17.7 Å². The number of piperazine rings is 1. The second kappa shape index (κ2) is 8.32. The summed E-state index contributed by atoms with van der Waals surface area (Å²) in [6, 6.07) is 1.51. The van der Waals surface area contributed by atoms with Gasteiger partial charge < -0.3 is 14.7 Å². The number of carbonyl (C=O) groups excluding carboxylic acids is 1. The van der Waals surface area contributed by atoms with Crippen molar-refractivity contribution in [3.05, 3.63) is 18.0 Å². The summed E-state index contributed by atoms with van der Waals surface area (Å²) in [6.45, 7) is 4.36. The molecule has 11 heteroatoms. The molecule has 2 saturated heterocycles. The Kier molecular flexibility index (Phi) is 6.23. The van der Waals surface area contributed by atoms with Crippen LogP contribution in [0.4, 0.5) is 0 Å². The van der Waals surface area contributed by atoms with Crippen molar-refractivity contribution in [1.82, 2.24) is 24.7 Å². The molecule has 154 valence electrons. The number of fused-ring (bicyclic) bond motifs is 1. The Labute approximate surface area is 169 Å². The van der Waals surface area contributed by atoms with E-state index in [2.05, 4.69) is 15.5 Å². The van der Waals surface area contributed by atoms with Crippen molar-refractivity contribution in [2.45, 2.75) is 37.1 Å². The molecule has 0 aromatic carbocycles. The molecule has 4 heterocycles. The molecule has 1 atom stereocenters. The van der Waals surface area contributed by atoms with Gasteiger partial charge in [0.25, 0.3) is 5.71 Å². The molecule has 0 saturated carbocycles. The molecule has 1 N–H and O–H groups in total. The van der Waals surface area contributed by atoms with Crippen LogP contribution in [0.25, 0.3) is 11.1 Å². The maximum absolute atomic E-state index is 13.2. The van der Waals surface area contributed by atoms with Gasteiger partial charge in [0.15, 0.2) is 0 Å². The molecular formula is C17H24ClN5O4S. The van der Waals surface area contributed by atoms with Crippen molar-refractivity contribution in [2.75, 3.05) is 32.7 Å². The molecule has 1 unspecified atom stereocenters. The fraction of sp³-hybridized carbons (Fsp3) is 0.588. The van der Waals surface area contributed by atoms with Crippen LogP contribution in [-0.2, 0) is 21.2 Å². The molecule has 2 aromatic rings. The van der Waals surface area contributed by atoms with Gasteiger partial charge in [-0.1, -0.05) is 12.1 Å². The van der Waals surface area contributed by atoms with Crippen LogP contribution < -0.4 is 5.32 Å². The summed E-state index contributed by atoms with van der Waals surface area (Å²) >= 11 is 0. The molecule has 2 fully saturated rings. The van der Waals surface area contributed by atoms with Gasteiger partial charge >= 0.3 is 0 Å². The smallest absolute Gasteiger partial charge is 0.258 e. The summed E-state index contributed by atoms with van der Waals surface area (Å²) in [6.07, 6.45) is 3.50. The molecule has 2 aliphatic heterocycles. The summed E-state index contributed by atoms with van der Waals surface area (Å²) in [4.78, 5) is 18.3. The van der Waals surface area contributed by atoms with Crippen LogP contribution in [0.3, 0.4) is 0 Å². The van der Waals surface area contributed by atoms with E-state index in [1.54, 1.807) is 6.07 Å². The van der Waals surface area contributed by atoms with Gasteiger partial charge in [-0.2, -0.15) is 4.31 Å². The highest BCUT2D eigenvalue weighted by Crippen LogP contribution is 2.26. The second-order valence-corrected chi connectivity index (χ2v) is 8.87. The SMILES string of the molecule is CCc1noc2ncc(S(=O)(=O)N3CCCC(N4CCNCC4=O)C3)cc12.Cl. The number of aryl methyl sites for hydroxylation is 1. The first-order valence-corrected chi connectivity index (χ1v) is 10.7. The third-order valence-corrected chi connectivity index (χ3v) is 7.11. The Morgan fingerprint density at radius 1 is 1.36 bits per heavy atom. The van der Waals surface area contributed by atoms with Gasteiger partial charge in [0.05, 0.1) is 23.8 Å². The van der Waals surface area contributed by atoms with Gasteiger partial charge in [-0.05, 0) is 25.3 Å². The normalized spacial score (nSPS) is 21.7. The summed E-state index contributed by atoms with van der Waals surface area (Å²) in [7, 11) is -3.70. The molecule has 2 aliphatic rings. The van der Waals surface area contributed by atoms with E-state index >= 15 is 0 Å². The van der Waals surface area contributed by atoms with Crippen molar-refractivity contribution in [1.29, 1.82) is 0 Å². The fourth-order valence-corrected chi connectivity index (χ4v) is 5.29. The standard InChI is InChI=1S/C17H23N5O4S.ClH/c1-2-15-14-8-13(9-19-17(14)26-20-15)27(24,25)21-6-3-4-12(11-21)22-7-5-18-10-16(22)23;/h8-9,12,18H,2-7,10-11H2,1H3;1H. The number of amides is 1. The minimum atomic E-state index is -3.70. The highest BCUT2D eigenvalue weighted by molar-refractivity contribution is 7.89. The van der Waals surface area contributed by atoms with Gasteiger partial charge in [0.1, 0.15) is 4.90 Å². The van der Waals surface area contributed by atoms with E-state index in [1.165, 1.54) is 10.5 Å². The van der Waals surface area contributed by atoms with E-state index in [0.29, 0.717) is 49.4 Å². The third-order valence-electron chi connectivity index (χ3n) is 5.28. The zero-order valence-electron chi connectivity index (χ0n) is 15.6. The predicted octanol–water partition coefficient (Wildman–Crippen LogP) is 0.792. The first-order valence-electron chi connectivity index (χ1n) is 9.25. The number of carbonyl (C=O) groups is 1. The number of pyridine rings is 1. The van der Waals surface area contributed by atoms with Gasteiger partial charge in [-0.15, -0.1) is 12.4 Å². The van der Waals surface area contributed by atoms with E-state index in [-0.39, 0.29) is 29.3 Å². The Morgan fingerprint density at radius 2 is 2.18 bits per heavy atom. The number of aromatic nitrogens is 2. The Morgan fingerprint density at radius 3 is 2.93 bits per heavy atom. The molecular weight excluding hydrogens is 406 g/mol. The lowest BCUT2D eigenvalue weighted by Gasteiger charge is -2.40. The number of nitrogens with zero attached hydrogens (tertiary/aromatic N) is 4. The average Bonchev–Trinajstić information content (AvgIpc) is 3.11. The largest absolute Gasteiger partial charge is 0.336 e. The zero-order valence-corrected chi connectivity index (χ0v) is 17.3. The van der Waals surface area contributed by atoms with E-state index in [1.807, 2.05) is 11.8 Å². The van der Waals surface area contributed by atoms with Gasteiger partial charge in [0, 0.05) is 32.2 Å². The molecule has 9 nitrogen and oxygen atoms in total. The predicted molar refractivity (Wildman–Crippen MR) is 105 cm³/mol. The summed E-state index contributed by atoms with van der Waals surface area (Å²) in [5.74, 6) is 0.0330. The number of rotatable bonds is 4. The maximum Gasteiger partial charge on any atom is 0.258 e. The highest BCUT2D eigenvalue weighted by atomic mass is 35.5. The molecule has 28 heavy (non-hydrogen) atoms. The number of halogens is 1. The van der Waals surface area contributed by atoms with E-state index in [0.717, 1.165) is 19.4 Å². The minimum Gasteiger partial charge on any atom is -0.336 e. The van der Waals surface area contributed by atoms with Crippen LogP contribution in [0.15, 0.2) is 21.7 Å². The van der Waals surface area contributed by atoms with Crippen molar-refractivity contribution in [2.24, 2.45) is 0 Å². The topological polar surface area (TPSA) is 109 Å². The summed E-state index contributed by atoms with van der Waals surface area (Å²) in [5, 5.41) is 7.61. The van der Waals surface area contributed by atoms with Crippen molar-refractivity contribution in [3.63, 3.8) is 0 Å². The molecule has 0 aliphatic carbocycles. The van der Waals surface area contributed by atoms with Gasteiger partial charge in [-0.25, -0.2) is 13.4 Å². The highest BCUT2D eigenvalue weighted by Gasteiger charge is 2.35. The van der Waals surface area contributed by atoms with Gasteiger partial charge in [0.2, 0.25) is 15.9 Å². The Hall–Kier alpha value is -1.75. The second-order valence-electron chi connectivity index (χ2n) is 6.93. The van der Waals surface area contributed by atoms with Crippen LogP contribution in [0.2, 0.25) is 0 Å². The van der Waals surface area contributed by atoms with E-state index in [4.69, 9.17) is 4.52 Å². The van der Waals surface area contributed by atoms with Gasteiger partial charge in [-0.3, -0.25) is 4.79 Å². The zero-order chi connectivity index (χ0) is 19.0. The third kappa shape index (κ3) is 3.73. The molecule has 1 amide bonds. The van der Waals surface area contributed by atoms with Crippen molar-refractivity contribution >= 4 is 39.4 Å². The average molecular weight is 430 g/mol. The molecule has 0 bridgehead atoms. The van der Waals surface area contributed by atoms with Crippen LogP contribution in [-0.4, -0.2) is 72.4 Å². The summed E-state index contributed by atoms with van der Waals surface area (Å²) < 4.78 is 33.0. The lowest BCUT2D eigenvalue weighted by Crippen LogP contribution is -2.57. The lowest BCUT2D eigenvalue weighted by molar-refractivity contribution is -0.135. The number of piperidine rings is 1. The maximum atomic E-state index is 13.2. The van der Waals surface area contributed by atoms with E-state index in [9.17, 15) is 13.2 Å². The Bertz CT molecular complexity index is 964. The molecule has 0 radical (unpaired) electrons. The number of nitrogens with one attached hydrogen (secondary N) is 1. The Balaban J connectivity index is 0.00000225. The molecule has 0 spiro atoms. The molecule has 4 rings (SSSR count). The first-order chi connectivity index (χ1) is 13.0. The number of hydrogen-bond acceptors (Lipinski definition) is 7. The quantitative estimate of drug-likeness (QED) is 0.765. The fourth-order valence-electron chi connectivity index (χ4n) is 3.81. The molecule has 2 aromatic heterocycles. The summed E-state index contributed by atoms with van der Waals surface area (Å²) in [5.41, 5.74) is 1.03. The lowest BCUT2D eigenvalue weighted by atomic mass is 10.1. The van der Waals surface area contributed by atoms with Crippen LogP contribution in [0, 0.1) is 0 Å².